The van der Waals surface area contributed by atoms with Crippen molar-refractivity contribution in [1.29, 1.82) is 0 Å². The number of benzene rings is 2. The Morgan fingerprint density at radius 3 is 2.25 bits per heavy atom. The molecule has 2 aromatic carbocycles. The van der Waals surface area contributed by atoms with Crippen LogP contribution in [0.4, 0.5) is 11.4 Å². The van der Waals surface area contributed by atoms with Gasteiger partial charge in [0.1, 0.15) is 5.75 Å². The first-order valence-electron chi connectivity index (χ1n) is 7.78. The Hall–Kier alpha value is -2.40. The maximum absolute atomic E-state index is 12.4. The number of aromatic hydroxyl groups is 1. The van der Waals surface area contributed by atoms with Crippen LogP contribution < -0.4 is 10.6 Å². The van der Waals surface area contributed by atoms with E-state index < -0.39 is 0 Å². The highest BCUT2D eigenvalue weighted by Gasteiger charge is 2.22. The first-order chi connectivity index (χ1) is 11.1. The monoisotopic (exact) mass is 347 g/mol. The highest BCUT2D eigenvalue weighted by Crippen LogP contribution is 2.27. The Morgan fingerprint density at radius 1 is 1.00 bits per heavy atom. The van der Waals surface area contributed by atoms with E-state index in [1.54, 1.807) is 6.07 Å². The molecular formula is C18H22ClN3O2. The smallest absolute Gasteiger partial charge is 0.227 e. The summed E-state index contributed by atoms with van der Waals surface area (Å²) < 4.78 is 0. The Morgan fingerprint density at radius 2 is 1.62 bits per heavy atom. The van der Waals surface area contributed by atoms with E-state index in [4.69, 9.17) is 5.73 Å². The molecule has 0 bridgehead atoms. The summed E-state index contributed by atoms with van der Waals surface area (Å²) in [6, 6.07) is 14.7. The van der Waals surface area contributed by atoms with E-state index in [1.807, 2.05) is 47.4 Å². The number of hydrogen-bond donors (Lipinski definition) is 2. The summed E-state index contributed by atoms with van der Waals surface area (Å²) in [6.45, 7) is 2.79. The maximum atomic E-state index is 12.4. The molecule has 0 spiro atoms. The van der Waals surface area contributed by atoms with Gasteiger partial charge in [0.05, 0.1) is 12.1 Å². The number of carbonyl (C=O) groups excluding carboxylic acids is 1. The molecule has 5 nitrogen and oxygen atoms in total. The van der Waals surface area contributed by atoms with Crippen molar-refractivity contribution in [3.8, 4) is 5.75 Å². The second-order valence-electron chi connectivity index (χ2n) is 5.77. The molecule has 0 aromatic heterocycles. The van der Waals surface area contributed by atoms with Gasteiger partial charge in [-0.2, -0.15) is 0 Å². The normalized spacial score (nSPS) is 14.2. The second-order valence-corrected chi connectivity index (χ2v) is 5.77. The van der Waals surface area contributed by atoms with Crippen LogP contribution in [0.2, 0.25) is 0 Å². The predicted octanol–water partition coefficient (Wildman–Crippen LogP) is 2.29. The molecule has 3 rings (SSSR count). The minimum Gasteiger partial charge on any atom is -0.506 e. The van der Waals surface area contributed by atoms with Gasteiger partial charge in [-0.25, -0.2) is 0 Å². The number of nitrogen functional groups attached to an aromatic ring is 1. The minimum atomic E-state index is 0. The maximum Gasteiger partial charge on any atom is 0.227 e. The first kappa shape index (κ1) is 17.9. The zero-order chi connectivity index (χ0) is 16.2. The van der Waals surface area contributed by atoms with E-state index in [0.29, 0.717) is 25.2 Å². The number of rotatable bonds is 3. The molecule has 6 heteroatoms. The number of phenols is 1. The Kier molecular flexibility index (Phi) is 5.93. The number of nitrogens with two attached hydrogens (primary N) is 1. The number of amides is 1. The molecule has 1 fully saturated rings. The van der Waals surface area contributed by atoms with Gasteiger partial charge < -0.3 is 20.6 Å². The van der Waals surface area contributed by atoms with Gasteiger partial charge in [0, 0.05) is 31.9 Å². The molecule has 3 N–H and O–H groups in total. The summed E-state index contributed by atoms with van der Waals surface area (Å²) in [7, 11) is 0. The average Bonchev–Trinajstić information content (AvgIpc) is 2.57. The number of hydrogen-bond acceptors (Lipinski definition) is 4. The van der Waals surface area contributed by atoms with Gasteiger partial charge in [0.25, 0.3) is 0 Å². The van der Waals surface area contributed by atoms with E-state index in [9.17, 15) is 9.90 Å². The number of anilines is 2. The molecule has 0 aliphatic carbocycles. The summed E-state index contributed by atoms with van der Waals surface area (Å²) in [5, 5.41) is 9.92. The third-order valence-electron chi connectivity index (χ3n) is 4.19. The van der Waals surface area contributed by atoms with Gasteiger partial charge >= 0.3 is 0 Å². The quantitative estimate of drug-likeness (QED) is 0.836. The van der Waals surface area contributed by atoms with Gasteiger partial charge in [-0.05, 0) is 29.8 Å². The van der Waals surface area contributed by atoms with Crippen molar-refractivity contribution in [3.05, 3.63) is 54.1 Å². The second kappa shape index (κ2) is 7.93. The Bertz CT molecular complexity index is 683. The van der Waals surface area contributed by atoms with Crippen molar-refractivity contribution in [2.24, 2.45) is 0 Å². The standard InChI is InChI=1S/C18H21N3O2.ClH/c19-15-7-5-14(6-8-15)13-18(23)21-11-9-20(10-12-21)16-3-1-2-4-17(16)22;/h1-8,22H,9-13,19H2;1H. The van der Waals surface area contributed by atoms with Crippen LogP contribution >= 0.6 is 12.4 Å². The SMILES string of the molecule is Cl.Nc1ccc(CC(=O)N2CCN(c3ccccc3O)CC2)cc1. The molecule has 0 saturated carbocycles. The molecule has 0 radical (unpaired) electrons. The van der Waals surface area contributed by atoms with Crippen LogP contribution in [0.25, 0.3) is 0 Å². The fourth-order valence-corrected chi connectivity index (χ4v) is 2.85. The van der Waals surface area contributed by atoms with Crippen molar-refractivity contribution < 1.29 is 9.90 Å². The van der Waals surface area contributed by atoms with Crippen molar-refractivity contribution in [2.45, 2.75) is 6.42 Å². The zero-order valence-corrected chi connectivity index (χ0v) is 14.2. The van der Waals surface area contributed by atoms with E-state index in [1.165, 1.54) is 0 Å². The van der Waals surface area contributed by atoms with E-state index in [-0.39, 0.29) is 24.1 Å². The zero-order valence-electron chi connectivity index (χ0n) is 13.4. The third kappa shape index (κ3) is 4.11. The van der Waals surface area contributed by atoms with E-state index >= 15 is 0 Å². The lowest BCUT2D eigenvalue weighted by Gasteiger charge is -2.36. The van der Waals surface area contributed by atoms with Crippen LogP contribution in [0.3, 0.4) is 0 Å². The largest absolute Gasteiger partial charge is 0.506 e. The number of phenolic OH excluding ortho intramolecular Hbond substituents is 1. The van der Waals surface area contributed by atoms with Crippen molar-refractivity contribution in [2.75, 3.05) is 36.8 Å². The molecule has 128 valence electrons. The van der Waals surface area contributed by atoms with Crippen LogP contribution in [0, 0.1) is 0 Å². The summed E-state index contributed by atoms with van der Waals surface area (Å²) in [5.41, 5.74) is 8.18. The molecule has 0 unspecified atom stereocenters. The molecule has 1 aliphatic heterocycles. The third-order valence-corrected chi connectivity index (χ3v) is 4.19. The molecule has 1 aliphatic rings. The van der Waals surface area contributed by atoms with Gasteiger partial charge in [0.15, 0.2) is 0 Å². The van der Waals surface area contributed by atoms with Crippen LogP contribution in [0.15, 0.2) is 48.5 Å². The molecule has 1 saturated heterocycles. The number of para-hydroxylation sites is 2. The van der Waals surface area contributed by atoms with Gasteiger partial charge in [-0.3, -0.25) is 4.79 Å². The Balaban J connectivity index is 0.00000208. The van der Waals surface area contributed by atoms with E-state index in [2.05, 4.69) is 4.90 Å². The summed E-state index contributed by atoms with van der Waals surface area (Å²) in [6.07, 6.45) is 0.400. The first-order valence-corrected chi connectivity index (χ1v) is 7.78. The highest BCUT2D eigenvalue weighted by atomic mass is 35.5. The van der Waals surface area contributed by atoms with Crippen LogP contribution in [0.5, 0.6) is 5.75 Å². The number of carbonyl (C=O) groups is 1. The molecule has 0 atom stereocenters. The van der Waals surface area contributed by atoms with Crippen LogP contribution in [0.1, 0.15) is 5.56 Å². The minimum absolute atomic E-state index is 0. The lowest BCUT2D eigenvalue weighted by molar-refractivity contribution is -0.130. The Labute approximate surface area is 148 Å². The highest BCUT2D eigenvalue weighted by molar-refractivity contribution is 5.85. The number of nitrogens with zero attached hydrogens (tertiary/aromatic N) is 2. The topological polar surface area (TPSA) is 69.8 Å². The number of piperazine rings is 1. The van der Waals surface area contributed by atoms with Gasteiger partial charge in [0.2, 0.25) is 5.91 Å². The lowest BCUT2D eigenvalue weighted by Crippen LogP contribution is -2.49. The molecular weight excluding hydrogens is 326 g/mol. The van der Waals surface area contributed by atoms with Crippen molar-refractivity contribution >= 4 is 29.7 Å². The van der Waals surface area contributed by atoms with Gasteiger partial charge in [-0.15, -0.1) is 12.4 Å². The van der Waals surface area contributed by atoms with Crippen molar-refractivity contribution in [1.82, 2.24) is 4.90 Å². The summed E-state index contributed by atoms with van der Waals surface area (Å²) in [5.74, 6) is 0.417. The fourth-order valence-electron chi connectivity index (χ4n) is 2.85. The fraction of sp³-hybridized carbons (Fsp3) is 0.278. The molecule has 1 heterocycles. The van der Waals surface area contributed by atoms with Crippen LogP contribution in [-0.4, -0.2) is 42.1 Å². The van der Waals surface area contributed by atoms with Crippen molar-refractivity contribution in [3.63, 3.8) is 0 Å². The molecule has 1 amide bonds. The van der Waals surface area contributed by atoms with Gasteiger partial charge in [-0.1, -0.05) is 24.3 Å². The molecule has 24 heavy (non-hydrogen) atoms. The van der Waals surface area contributed by atoms with Crippen LogP contribution in [-0.2, 0) is 11.2 Å². The average molecular weight is 348 g/mol. The predicted molar refractivity (Wildman–Crippen MR) is 98.7 cm³/mol. The lowest BCUT2D eigenvalue weighted by atomic mass is 10.1. The summed E-state index contributed by atoms with van der Waals surface area (Å²) in [4.78, 5) is 16.4. The van der Waals surface area contributed by atoms with E-state index in [0.717, 1.165) is 24.3 Å². The summed E-state index contributed by atoms with van der Waals surface area (Å²) >= 11 is 0. The number of halogens is 1. The molecule has 2 aromatic rings.